The number of H-pyrrole nitrogens is 1. The number of nitrogens with one attached hydrogen (secondary N) is 2. The fourth-order valence-corrected chi connectivity index (χ4v) is 4.76. The number of piperazine rings is 1. The van der Waals surface area contributed by atoms with Gasteiger partial charge in [-0.25, -0.2) is 4.79 Å². The number of amides is 1. The number of anilines is 2. The van der Waals surface area contributed by atoms with Crippen LogP contribution in [0.3, 0.4) is 0 Å². The van der Waals surface area contributed by atoms with Crippen LogP contribution in [0.2, 0.25) is 0 Å². The minimum Gasteiger partial charge on any atom is -0.461 e. The number of hydrogen-bond donors (Lipinski definition) is 2. The number of aryl methyl sites for hydroxylation is 1. The van der Waals surface area contributed by atoms with Crippen LogP contribution in [0.1, 0.15) is 35.0 Å². The summed E-state index contributed by atoms with van der Waals surface area (Å²) >= 11 is 3.47. The molecule has 0 unspecified atom stereocenters. The molecule has 7 nitrogen and oxygen atoms in total. The molecule has 34 heavy (non-hydrogen) atoms. The Morgan fingerprint density at radius 3 is 2.62 bits per heavy atom. The Hall–Kier alpha value is -2.84. The predicted molar refractivity (Wildman–Crippen MR) is 140 cm³/mol. The molecule has 180 valence electrons. The van der Waals surface area contributed by atoms with E-state index in [9.17, 15) is 9.59 Å². The van der Waals surface area contributed by atoms with E-state index in [2.05, 4.69) is 68.1 Å². The molecule has 1 amide bonds. The molecule has 1 aliphatic rings. The molecule has 1 aromatic heterocycles. The number of ether oxygens (including phenoxy) is 1. The molecule has 0 saturated carbocycles. The summed E-state index contributed by atoms with van der Waals surface area (Å²) in [6.45, 7) is 10.7. The Bertz CT molecular complexity index is 1200. The molecule has 0 aliphatic carbocycles. The molecular weight excluding hydrogens is 496 g/mol. The Morgan fingerprint density at radius 1 is 1.12 bits per heavy atom. The summed E-state index contributed by atoms with van der Waals surface area (Å²) in [4.78, 5) is 33.2. The predicted octanol–water partition coefficient (Wildman–Crippen LogP) is 4.87. The minimum atomic E-state index is -0.479. The highest BCUT2D eigenvalue weighted by Gasteiger charge is 2.22. The molecule has 1 aliphatic heterocycles. The number of carbonyl (C=O) groups excluding carboxylic acids is 2. The van der Waals surface area contributed by atoms with Crippen LogP contribution in [0.5, 0.6) is 0 Å². The number of esters is 1. The van der Waals surface area contributed by atoms with Crippen LogP contribution in [0.4, 0.5) is 11.4 Å². The first-order chi connectivity index (χ1) is 16.4. The van der Waals surface area contributed by atoms with Gasteiger partial charge in [-0.2, -0.15) is 0 Å². The zero-order valence-electron chi connectivity index (χ0n) is 19.9. The molecule has 0 radical (unpaired) electrons. The molecule has 2 heterocycles. The van der Waals surface area contributed by atoms with Gasteiger partial charge in [0, 0.05) is 60.2 Å². The van der Waals surface area contributed by atoms with Crippen molar-refractivity contribution in [3.05, 3.63) is 57.7 Å². The van der Waals surface area contributed by atoms with E-state index in [0.29, 0.717) is 18.7 Å². The van der Waals surface area contributed by atoms with Gasteiger partial charge in [0.05, 0.1) is 12.3 Å². The van der Waals surface area contributed by atoms with Crippen molar-refractivity contribution in [2.75, 3.05) is 49.5 Å². The van der Waals surface area contributed by atoms with Crippen molar-refractivity contribution in [2.45, 2.75) is 27.2 Å². The van der Waals surface area contributed by atoms with Crippen LogP contribution in [0.25, 0.3) is 10.9 Å². The van der Waals surface area contributed by atoms with Gasteiger partial charge in [0.15, 0.2) is 0 Å². The van der Waals surface area contributed by atoms with Crippen molar-refractivity contribution in [3.63, 3.8) is 0 Å². The fraction of sp³-hybridized carbons (Fsp3) is 0.385. The smallest absolute Gasteiger partial charge is 0.356 e. The lowest BCUT2D eigenvalue weighted by atomic mass is 10.1. The topological polar surface area (TPSA) is 77.7 Å². The van der Waals surface area contributed by atoms with Crippen LogP contribution in [0.15, 0.2) is 40.9 Å². The zero-order chi connectivity index (χ0) is 24.2. The summed E-state index contributed by atoms with van der Waals surface area (Å²) in [6, 6.07) is 12.1. The lowest BCUT2D eigenvalue weighted by molar-refractivity contribution is -0.116. The number of nitrogens with zero attached hydrogens (tertiary/aromatic N) is 2. The third kappa shape index (κ3) is 5.28. The highest BCUT2D eigenvalue weighted by molar-refractivity contribution is 9.10. The first-order valence-corrected chi connectivity index (χ1v) is 12.5. The van der Waals surface area contributed by atoms with E-state index >= 15 is 0 Å². The Kier molecular flexibility index (Phi) is 7.58. The normalized spacial score (nSPS) is 14.4. The van der Waals surface area contributed by atoms with Crippen molar-refractivity contribution in [3.8, 4) is 0 Å². The standard InChI is InChI=1S/C26H31BrN4O3/c1-4-34-26(33)25-24(20-16-19(27)8-9-21(20)28-25)29-23(32)10-11-30-12-14-31(15-13-30)22-7-5-6-17(2)18(22)3/h5-9,16,28H,4,10-15H2,1-3H3,(H,29,32). The molecule has 1 fully saturated rings. The van der Waals surface area contributed by atoms with Crippen molar-refractivity contribution in [2.24, 2.45) is 0 Å². The van der Waals surface area contributed by atoms with Crippen molar-refractivity contribution >= 4 is 50.1 Å². The van der Waals surface area contributed by atoms with E-state index in [0.717, 1.165) is 41.6 Å². The maximum Gasteiger partial charge on any atom is 0.356 e. The van der Waals surface area contributed by atoms with Crippen molar-refractivity contribution in [1.82, 2.24) is 9.88 Å². The molecule has 2 aromatic carbocycles. The number of benzene rings is 2. The van der Waals surface area contributed by atoms with Gasteiger partial charge in [0.1, 0.15) is 5.69 Å². The Balaban J connectivity index is 1.37. The number of aromatic amines is 1. The van der Waals surface area contributed by atoms with Gasteiger partial charge in [0.2, 0.25) is 5.91 Å². The lowest BCUT2D eigenvalue weighted by Crippen LogP contribution is -2.47. The Morgan fingerprint density at radius 2 is 1.88 bits per heavy atom. The molecule has 4 rings (SSSR count). The van der Waals surface area contributed by atoms with Gasteiger partial charge >= 0.3 is 5.97 Å². The second kappa shape index (κ2) is 10.6. The molecule has 0 spiro atoms. The molecule has 1 saturated heterocycles. The summed E-state index contributed by atoms with van der Waals surface area (Å²) in [5, 5.41) is 3.73. The average molecular weight is 527 g/mol. The van der Waals surface area contributed by atoms with Crippen molar-refractivity contribution < 1.29 is 14.3 Å². The van der Waals surface area contributed by atoms with Crippen molar-refractivity contribution in [1.29, 1.82) is 0 Å². The van der Waals surface area contributed by atoms with Gasteiger partial charge in [-0.15, -0.1) is 0 Å². The van der Waals surface area contributed by atoms with E-state index in [1.165, 1.54) is 16.8 Å². The maximum absolute atomic E-state index is 12.9. The molecule has 3 aromatic rings. The largest absolute Gasteiger partial charge is 0.461 e. The van der Waals surface area contributed by atoms with Gasteiger partial charge in [-0.05, 0) is 56.2 Å². The summed E-state index contributed by atoms with van der Waals surface area (Å²) < 4.78 is 6.05. The fourth-order valence-electron chi connectivity index (χ4n) is 4.40. The quantitative estimate of drug-likeness (QED) is 0.429. The second-order valence-corrected chi connectivity index (χ2v) is 9.55. The number of halogens is 1. The summed E-state index contributed by atoms with van der Waals surface area (Å²) in [6.07, 6.45) is 0.354. The molecule has 0 bridgehead atoms. The zero-order valence-corrected chi connectivity index (χ0v) is 21.5. The van der Waals surface area contributed by atoms with Crippen LogP contribution in [-0.4, -0.2) is 61.1 Å². The number of hydrogen-bond acceptors (Lipinski definition) is 5. The number of rotatable bonds is 7. The number of fused-ring (bicyclic) bond motifs is 1. The van der Waals surface area contributed by atoms with E-state index < -0.39 is 5.97 Å². The number of carbonyl (C=O) groups is 2. The van der Waals surface area contributed by atoms with Gasteiger partial charge in [-0.1, -0.05) is 28.1 Å². The van der Waals surface area contributed by atoms with Gasteiger partial charge < -0.3 is 19.9 Å². The summed E-state index contributed by atoms with van der Waals surface area (Å²) in [5.74, 6) is -0.601. The van der Waals surface area contributed by atoms with Gasteiger partial charge in [-0.3, -0.25) is 9.69 Å². The van der Waals surface area contributed by atoms with Gasteiger partial charge in [0.25, 0.3) is 0 Å². The molecule has 8 heteroatoms. The first-order valence-electron chi connectivity index (χ1n) is 11.7. The lowest BCUT2D eigenvalue weighted by Gasteiger charge is -2.37. The second-order valence-electron chi connectivity index (χ2n) is 8.63. The minimum absolute atomic E-state index is 0.122. The van der Waals surface area contributed by atoms with E-state index in [1.54, 1.807) is 6.92 Å². The Labute approximate surface area is 208 Å². The highest BCUT2D eigenvalue weighted by Crippen LogP contribution is 2.31. The van der Waals surface area contributed by atoms with E-state index in [4.69, 9.17) is 4.74 Å². The van der Waals surface area contributed by atoms with Crippen LogP contribution in [0, 0.1) is 13.8 Å². The van der Waals surface area contributed by atoms with Crippen LogP contribution in [-0.2, 0) is 9.53 Å². The van der Waals surface area contributed by atoms with Crippen LogP contribution < -0.4 is 10.2 Å². The summed E-state index contributed by atoms with van der Waals surface area (Å²) in [7, 11) is 0. The van der Waals surface area contributed by atoms with E-state index in [-0.39, 0.29) is 18.2 Å². The molecular formula is C26H31BrN4O3. The monoisotopic (exact) mass is 526 g/mol. The maximum atomic E-state index is 12.9. The third-order valence-electron chi connectivity index (χ3n) is 6.45. The highest BCUT2D eigenvalue weighted by atomic mass is 79.9. The summed E-state index contributed by atoms with van der Waals surface area (Å²) in [5.41, 5.74) is 5.45. The average Bonchev–Trinajstić information content (AvgIpc) is 3.17. The van der Waals surface area contributed by atoms with E-state index in [1.807, 2.05) is 18.2 Å². The molecule has 0 atom stereocenters. The SMILES string of the molecule is CCOC(=O)c1[nH]c2ccc(Br)cc2c1NC(=O)CCN1CCN(c2cccc(C)c2C)CC1. The molecule has 2 N–H and O–H groups in total. The first kappa shape index (κ1) is 24.3. The van der Waals surface area contributed by atoms with Crippen LogP contribution >= 0.6 is 15.9 Å². The number of aromatic nitrogens is 1. The third-order valence-corrected chi connectivity index (χ3v) is 6.94.